The molecule has 1 aliphatic rings. The van der Waals surface area contributed by atoms with Crippen LogP contribution in [0.2, 0.25) is 0 Å². The molecule has 0 spiro atoms. The molecule has 1 N–H and O–H groups in total. The Kier molecular flexibility index (Phi) is 4.80. The summed E-state index contributed by atoms with van der Waals surface area (Å²) in [7, 11) is 0. The third kappa shape index (κ3) is 3.49. The van der Waals surface area contributed by atoms with E-state index < -0.39 is 5.92 Å². The van der Waals surface area contributed by atoms with E-state index in [-0.39, 0.29) is 24.3 Å². The number of benzene rings is 2. The molecule has 1 unspecified atom stereocenters. The Balaban J connectivity index is 1.44. The number of imide groups is 1. The van der Waals surface area contributed by atoms with Gasteiger partial charge in [0.2, 0.25) is 5.91 Å². The van der Waals surface area contributed by atoms with Crippen LogP contribution >= 0.6 is 11.3 Å². The van der Waals surface area contributed by atoms with Gasteiger partial charge in [-0.3, -0.25) is 24.3 Å². The van der Waals surface area contributed by atoms with Gasteiger partial charge in [-0.1, -0.05) is 42.5 Å². The SMILES string of the molecule is O=C(Nc1cc2ccncc2s1)C(CN1C(=O)c2ccccc2C1=O)c1ccccc1. The number of hydrogen-bond acceptors (Lipinski definition) is 5. The van der Waals surface area contributed by atoms with E-state index in [4.69, 9.17) is 0 Å². The fourth-order valence-electron chi connectivity index (χ4n) is 3.77. The van der Waals surface area contributed by atoms with E-state index in [1.807, 2.05) is 42.5 Å². The van der Waals surface area contributed by atoms with Gasteiger partial charge < -0.3 is 5.32 Å². The van der Waals surface area contributed by atoms with Gasteiger partial charge in [0.1, 0.15) is 0 Å². The van der Waals surface area contributed by atoms with Crippen LogP contribution in [0.15, 0.2) is 79.1 Å². The topological polar surface area (TPSA) is 79.4 Å². The predicted molar refractivity (Wildman–Crippen MR) is 119 cm³/mol. The summed E-state index contributed by atoms with van der Waals surface area (Å²) in [6, 6.07) is 19.7. The number of carbonyl (C=O) groups excluding carboxylic acids is 3. The van der Waals surface area contributed by atoms with Crippen molar-refractivity contribution in [3.63, 3.8) is 0 Å². The standard InChI is InChI=1S/C24H17N3O3S/c28-22(26-21-12-16-10-11-25-13-20(16)31-21)19(15-6-2-1-3-7-15)14-27-23(29)17-8-4-5-9-18(17)24(27)30/h1-13,19H,14H2,(H,26,28). The molecule has 3 heterocycles. The van der Waals surface area contributed by atoms with E-state index in [2.05, 4.69) is 10.3 Å². The molecule has 0 saturated carbocycles. The highest BCUT2D eigenvalue weighted by Crippen LogP contribution is 2.31. The normalized spacial score (nSPS) is 14.0. The number of carbonyl (C=O) groups is 3. The van der Waals surface area contributed by atoms with Crippen molar-refractivity contribution in [1.29, 1.82) is 0 Å². The van der Waals surface area contributed by atoms with Gasteiger partial charge in [-0.2, -0.15) is 0 Å². The molecule has 152 valence electrons. The summed E-state index contributed by atoms with van der Waals surface area (Å²) in [4.78, 5) is 44.2. The molecule has 4 aromatic rings. The Labute approximate surface area is 182 Å². The van der Waals surface area contributed by atoms with Crippen LogP contribution in [0.5, 0.6) is 0 Å². The summed E-state index contributed by atoms with van der Waals surface area (Å²) in [6.07, 6.45) is 3.46. The number of thiophene rings is 1. The number of nitrogens with one attached hydrogen (secondary N) is 1. The van der Waals surface area contributed by atoms with Crippen molar-refractivity contribution in [2.75, 3.05) is 11.9 Å². The van der Waals surface area contributed by atoms with Gasteiger partial charge in [0.25, 0.3) is 11.8 Å². The van der Waals surface area contributed by atoms with Gasteiger partial charge in [-0.05, 0) is 35.2 Å². The van der Waals surface area contributed by atoms with Gasteiger partial charge >= 0.3 is 0 Å². The zero-order valence-corrected chi connectivity index (χ0v) is 17.1. The molecule has 0 saturated heterocycles. The lowest BCUT2D eigenvalue weighted by Crippen LogP contribution is -2.38. The first kappa shape index (κ1) is 19.1. The smallest absolute Gasteiger partial charge is 0.261 e. The molecule has 1 aliphatic heterocycles. The monoisotopic (exact) mass is 427 g/mol. The average molecular weight is 427 g/mol. The van der Waals surface area contributed by atoms with Gasteiger partial charge in [0.15, 0.2) is 0 Å². The third-order valence-electron chi connectivity index (χ3n) is 5.33. The number of hydrogen-bond donors (Lipinski definition) is 1. The van der Waals surface area contributed by atoms with E-state index in [9.17, 15) is 14.4 Å². The first-order chi connectivity index (χ1) is 15.1. The molecule has 0 fully saturated rings. The van der Waals surface area contributed by atoms with E-state index in [0.29, 0.717) is 16.1 Å². The Hall–Kier alpha value is -3.84. The van der Waals surface area contributed by atoms with Gasteiger partial charge in [0.05, 0.1) is 26.7 Å². The second-order valence-electron chi connectivity index (χ2n) is 7.24. The maximum absolute atomic E-state index is 13.3. The summed E-state index contributed by atoms with van der Waals surface area (Å²) in [5.41, 5.74) is 1.48. The fourth-order valence-corrected chi connectivity index (χ4v) is 4.70. The second kappa shape index (κ2) is 7.77. The largest absolute Gasteiger partial charge is 0.317 e. The molecule has 0 bridgehead atoms. The minimum atomic E-state index is -0.702. The van der Waals surface area contributed by atoms with Gasteiger partial charge in [-0.15, -0.1) is 11.3 Å². The average Bonchev–Trinajstić information content (AvgIpc) is 3.31. The molecule has 0 radical (unpaired) electrons. The second-order valence-corrected chi connectivity index (χ2v) is 8.33. The highest BCUT2D eigenvalue weighted by Gasteiger charge is 2.38. The van der Waals surface area contributed by atoms with Crippen molar-refractivity contribution >= 4 is 44.1 Å². The van der Waals surface area contributed by atoms with Gasteiger partial charge in [-0.25, -0.2) is 0 Å². The van der Waals surface area contributed by atoms with Crippen molar-refractivity contribution in [3.05, 3.63) is 95.8 Å². The minimum Gasteiger partial charge on any atom is -0.317 e. The molecule has 5 rings (SSSR count). The number of anilines is 1. The molecule has 0 aliphatic carbocycles. The summed E-state index contributed by atoms with van der Waals surface area (Å²) in [6.45, 7) is -0.0331. The summed E-state index contributed by atoms with van der Waals surface area (Å²) in [5, 5.41) is 4.64. The van der Waals surface area contributed by atoms with Crippen molar-refractivity contribution in [3.8, 4) is 0 Å². The van der Waals surface area contributed by atoms with Crippen molar-refractivity contribution in [1.82, 2.24) is 9.88 Å². The fraction of sp³-hybridized carbons (Fsp3) is 0.0833. The van der Waals surface area contributed by atoms with Crippen molar-refractivity contribution in [2.45, 2.75) is 5.92 Å². The lowest BCUT2D eigenvalue weighted by molar-refractivity contribution is -0.117. The number of aromatic nitrogens is 1. The third-order valence-corrected chi connectivity index (χ3v) is 6.33. The highest BCUT2D eigenvalue weighted by molar-refractivity contribution is 7.22. The summed E-state index contributed by atoms with van der Waals surface area (Å²) in [5.74, 6) is -1.72. The molecular formula is C24H17N3O3S. The predicted octanol–water partition coefficient (Wildman–Crippen LogP) is 4.31. The minimum absolute atomic E-state index is 0.0331. The number of amides is 3. The lowest BCUT2D eigenvalue weighted by Gasteiger charge is -2.22. The molecule has 7 heteroatoms. The van der Waals surface area contributed by atoms with Crippen LogP contribution in [-0.4, -0.2) is 34.2 Å². The number of nitrogens with zero attached hydrogens (tertiary/aromatic N) is 2. The first-order valence-electron chi connectivity index (χ1n) is 9.76. The van der Waals surface area contributed by atoms with Crippen LogP contribution in [0.3, 0.4) is 0 Å². The highest BCUT2D eigenvalue weighted by atomic mass is 32.1. The lowest BCUT2D eigenvalue weighted by atomic mass is 9.97. The Morgan fingerprint density at radius 2 is 1.65 bits per heavy atom. The Bertz CT molecular complexity index is 1250. The molecule has 2 aromatic carbocycles. The van der Waals surface area contributed by atoms with Crippen LogP contribution in [0.25, 0.3) is 10.1 Å². The summed E-state index contributed by atoms with van der Waals surface area (Å²) < 4.78 is 0.967. The first-order valence-corrected chi connectivity index (χ1v) is 10.6. The van der Waals surface area contributed by atoms with Crippen LogP contribution in [0.1, 0.15) is 32.2 Å². The van der Waals surface area contributed by atoms with E-state index in [1.165, 1.54) is 11.3 Å². The maximum atomic E-state index is 13.3. The molecule has 2 aromatic heterocycles. The van der Waals surface area contributed by atoms with E-state index in [1.54, 1.807) is 36.7 Å². The number of pyridine rings is 1. The molecule has 1 atom stereocenters. The zero-order valence-electron chi connectivity index (χ0n) is 16.3. The Morgan fingerprint density at radius 3 is 2.32 bits per heavy atom. The number of fused-ring (bicyclic) bond motifs is 2. The van der Waals surface area contributed by atoms with Crippen LogP contribution in [0, 0.1) is 0 Å². The Morgan fingerprint density at radius 1 is 0.968 bits per heavy atom. The van der Waals surface area contributed by atoms with Crippen LogP contribution in [0.4, 0.5) is 5.00 Å². The number of rotatable bonds is 5. The molecular weight excluding hydrogens is 410 g/mol. The van der Waals surface area contributed by atoms with Gasteiger partial charge in [0, 0.05) is 18.9 Å². The maximum Gasteiger partial charge on any atom is 0.261 e. The molecule has 31 heavy (non-hydrogen) atoms. The van der Waals surface area contributed by atoms with Crippen LogP contribution in [-0.2, 0) is 4.79 Å². The molecule has 6 nitrogen and oxygen atoms in total. The van der Waals surface area contributed by atoms with E-state index >= 15 is 0 Å². The molecule has 3 amide bonds. The quantitative estimate of drug-likeness (QED) is 0.481. The van der Waals surface area contributed by atoms with Crippen LogP contribution < -0.4 is 5.32 Å². The zero-order chi connectivity index (χ0) is 21.4. The van der Waals surface area contributed by atoms with Crippen molar-refractivity contribution in [2.24, 2.45) is 0 Å². The summed E-state index contributed by atoms with van der Waals surface area (Å²) >= 11 is 1.43. The van der Waals surface area contributed by atoms with Crippen molar-refractivity contribution < 1.29 is 14.4 Å². The van der Waals surface area contributed by atoms with E-state index in [0.717, 1.165) is 20.5 Å².